The topological polar surface area (TPSA) is 38.0 Å². The third-order valence-electron chi connectivity index (χ3n) is 4.17. The van der Waals surface area contributed by atoms with Crippen LogP contribution in [0.5, 0.6) is 0 Å². The van der Waals surface area contributed by atoms with E-state index in [-0.39, 0.29) is 5.82 Å². The number of halogens is 1. The second-order valence-corrected chi connectivity index (χ2v) is 5.57. The molecule has 0 spiro atoms. The molecule has 0 saturated heterocycles. The number of benzene rings is 1. The molecule has 3 rings (SSSR count). The van der Waals surface area contributed by atoms with Crippen LogP contribution in [0.3, 0.4) is 0 Å². The molecular formula is C16H19FN2O. The lowest BCUT2D eigenvalue weighted by Crippen LogP contribution is -2.27. The summed E-state index contributed by atoms with van der Waals surface area (Å²) in [5.41, 5.74) is 2.37. The molecule has 1 unspecified atom stereocenters. The van der Waals surface area contributed by atoms with Crippen LogP contribution in [0.4, 0.5) is 4.39 Å². The van der Waals surface area contributed by atoms with Gasteiger partial charge in [-0.15, -0.1) is 0 Å². The molecular weight excluding hydrogens is 255 g/mol. The van der Waals surface area contributed by atoms with Gasteiger partial charge in [-0.2, -0.15) is 5.10 Å². The number of fused-ring (bicyclic) bond motifs is 1. The van der Waals surface area contributed by atoms with Crippen molar-refractivity contribution < 1.29 is 9.50 Å². The van der Waals surface area contributed by atoms with Gasteiger partial charge >= 0.3 is 0 Å². The number of aryl methyl sites for hydroxylation is 2. The third-order valence-corrected chi connectivity index (χ3v) is 4.17. The SMILES string of the molecule is CCn1nc(C)cc1CC1(O)CCc2c(F)cccc21. The second-order valence-electron chi connectivity index (χ2n) is 5.57. The van der Waals surface area contributed by atoms with E-state index in [1.807, 2.05) is 30.7 Å². The van der Waals surface area contributed by atoms with Crippen LogP contribution >= 0.6 is 0 Å². The standard InChI is InChI=1S/C16H19FN2O/c1-3-19-12(9-11(2)18-19)10-16(20)8-7-13-14(16)5-4-6-15(13)17/h4-6,9,20H,3,7-8,10H2,1-2H3. The Bertz CT molecular complexity index is 650. The monoisotopic (exact) mass is 274 g/mol. The first-order chi connectivity index (χ1) is 9.53. The molecule has 1 aromatic carbocycles. The molecule has 2 aromatic rings. The van der Waals surface area contributed by atoms with Gasteiger partial charge < -0.3 is 5.11 Å². The van der Waals surface area contributed by atoms with E-state index in [1.54, 1.807) is 6.07 Å². The molecule has 1 aliphatic carbocycles. The minimum Gasteiger partial charge on any atom is -0.385 e. The number of aliphatic hydroxyl groups is 1. The van der Waals surface area contributed by atoms with Crippen LogP contribution in [-0.2, 0) is 25.0 Å². The number of hydrogen-bond acceptors (Lipinski definition) is 2. The minimum atomic E-state index is -0.975. The van der Waals surface area contributed by atoms with Gasteiger partial charge in [0, 0.05) is 18.7 Å². The van der Waals surface area contributed by atoms with E-state index in [0.717, 1.165) is 23.5 Å². The molecule has 106 valence electrons. The quantitative estimate of drug-likeness (QED) is 0.934. The van der Waals surface area contributed by atoms with Crippen LogP contribution in [0, 0.1) is 12.7 Å². The highest BCUT2D eigenvalue weighted by Crippen LogP contribution is 2.40. The van der Waals surface area contributed by atoms with Crippen molar-refractivity contribution in [1.29, 1.82) is 0 Å². The Morgan fingerprint density at radius 2 is 2.25 bits per heavy atom. The summed E-state index contributed by atoms with van der Waals surface area (Å²) in [5, 5.41) is 15.4. The Morgan fingerprint density at radius 1 is 1.45 bits per heavy atom. The summed E-state index contributed by atoms with van der Waals surface area (Å²) in [6.07, 6.45) is 1.65. The van der Waals surface area contributed by atoms with Gasteiger partial charge in [-0.1, -0.05) is 12.1 Å². The van der Waals surface area contributed by atoms with Crippen LogP contribution < -0.4 is 0 Å². The number of hydrogen-bond donors (Lipinski definition) is 1. The summed E-state index contributed by atoms with van der Waals surface area (Å²) in [4.78, 5) is 0. The molecule has 0 bridgehead atoms. The van der Waals surface area contributed by atoms with Crippen molar-refractivity contribution >= 4 is 0 Å². The fourth-order valence-electron chi connectivity index (χ4n) is 3.21. The Labute approximate surface area is 118 Å². The van der Waals surface area contributed by atoms with Crippen LogP contribution in [-0.4, -0.2) is 14.9 Å². The van der Waals surface area contributed by atoms with Gasteiger partial charge in [0.25, 0.3) is 0 Å². The molecule has 1 aliphatic rings. The lowest BCUT2D eigenvalue weighted by Gasteiger charge is -2.24. The van der Waals surface area contributed by atoms with Gasteiger partial charge in [-0.3, -0.25) is 4.68 Å². The molecule has 20 heavy (non-hydrogen) atoms. The van der Waals surface area contributed by atoms with Gasteiger partial charge in [0.1, 0.15) is 5.82 Å². The Kier molecular flexibility index (Phi) is 3.13. The first kappa shape index (κ1) is 13.3. The summed E-state index contributed by atoms with van der Waals surface area (Å²) in [6.45, 7) is 4.75. The van der Waals surface area contributed by atoms with Crippen LogP contribution in [0.15, 0.2) is 24.3 Å². The largest absolute Gasteiger partial charge is 0.385 e. The van der Waals surface area contributed by atoms with Crippen molar-refractivity contribution in [2.75, 3.05) is 0 Å². The van der Waals surface area contributed by atoms with Crippen molar-refractivity contribution in [3.8, 4) is 0 Å². The maximum atomic E-state index is 13.8. The Balaban J connectivity index is 1.98. The lowest BCUT2D eigenvalue weighted by molar-refractivity contribution is 0.0368. The van der Waals surface area contributed by atoms with Gasteiger partial charge in [-0.05, 0) is 49.9 Å². The number of nitrogens with zero attached hydrogens (tertiary/aromatic N) is 2. The zero-order valence-electron chi connectivity index (χ0n) is 11.9. The highest BCUT2D eigenvalue weighted by atomic mass is 19.1. The predicted octanol–water partition coefficient (Wildman–Crippen LogP) is 2.73. The van der Waals surface area contributed by atoms with Gasteiger partial charge in [-0.25, -0.2) is 4.39 Å². The summed E-state index contributed by atoms with van der Waals surface area (Å²) in [7, 11) is 0. The average molecular weight is 274 g/mol. The zero-order chi connectivity index (χ0) is 14.3. The fraction of sp³-hybridized carbons (Fsp3) is 0.438. The maximum Gasteiger partial charge on any atom is 0.126 e. The number of aromatic nitrogens is 2. The number of rotatable bonds is 3. The van der Waals surface area contributed by atoms with E-state index in [1.165, 1.54) is 6.07 Å². The molecule has 1 N–H and O–H groups in total. The molecule has 1 heterocycles. The van der Waals surface area contributed by atoms with Crippen LogP contribution in [0.25, 0.3) is 0 Å². The van der Waals surface area contributed by atoms with Crippen LogP contribution in [0.2, 0.25) is 0 Å². The molecule has 1 atom stereocenters. The van der Waals surface area contributed by atoms with E-state index < -0.39 is 5.60 Å². The summed E-state index contributed by atoms with van der Waals surface area (Å²) >= 11 is 0. The van der Waals surface area contributed by atoms with Crippen molar-refractivity contribution in [1.82, 2.24) is 9.78 Å². The Hall–Kier alpha value is -1.68. The predicted molar refractivity (Wildman–Crippen MR) is 75.0 cm³/mol. The molecule has 0 saturated carbocycles. The first-order valence-electron chi connectivity index (χ1n) is 7.07. The maximum absolute atomic E-state index is 13.8. The molecule has 0 radical (unpaired) electrons. The molecule has 1 aromatic heterocycles. The zero-order valence-corrected chi connectivity index (χ0v) is 11.9. The second kappa shape index (κ2) is 4.70. The van der Waals surface area contributed by atoms with Gasteiger partial charge in [0.05, 0.1) is 11.3 Å². The van der Waals surface area contributed by atoms with Crippen molar-refractivity contribution in [2.24, 2.45) is 0 Å². The molecule has 4 heteroatoms. The van der Waals surface area contributed by atoms with Gasteiger partial charge in [0.2, 0.25) is 0 Å². The van der Waals surface area contributed by atoms with E-state index in [0.29, 0.717) is 24.8 Å². The lowest BCUT2D eigenvalue weighted by atomic mass is 9.90. The van der Waals surface area contributed by atoms with E-state index >= 15 is 0 Å². The van der Waals surface area contributed by atoms with Crippen molar-refractivity contribution in [3.63, 3.8) is 0 Å². The smallest absolute Gasteiger partial charge is 0.126 e. The highest BCUT2D eigenvalue weighted by molar-refractivity contribution is 5.39. The molecule has 0 fully saturated rings. The Morgan fingerprint density at radius 3 is 3.00 bits per heavy atom. The van der Waals surface area contributed by atoms with Crippen molar-refractivity contribution in [2.45, 2.75) is 45.3 Å². The average Bonchev–Trinajstić information content (AvgIpc) is 2.92. The normalized spacial score (nSPS) is 21.2. The molecule has 0 aliphatic heterocycles. The molecule has 0 amide bonds. The van der Waals surface area contributed by atoms with E-state index in [2.05, 4.69) is 5.10 Å². The minimum absolute atomic E-state index is 0.210. The van der Waals surface area contributed by atoms with E-state index in [4.69, 9.17) is 0 Å². The van der Waals surface area contributed by atoms with Crippen molar-refractivity contribution in [3.05, 3.63) is 52.6 Å². The first-order valence-corrected chi connectivity index (χ1v) is 7.07. The summed E-state index contributed by atoms with van der Waals surface area (Å²) in [5.74, 6) is -0.210. The van der Waals surface area contributed by atoms with Gasteiger partial charge in [0.15, 0.2) is 0 Å². The molecule has 3 nitrogen and oxygen atoms in total. The summed E-state index contributed by atoms with van der Waals surface area (Å²) < 4.78 is 15.7. The summed E-state index contributed by atoms with van der Waals surface area (Å²) in [6, 6.07) is 6.97. The third kappa shape index (κ3) is 2.04. The highest BCUT2D eigenvalue weighted by Gasteiger charge is 2.38. The van der Waals surface area contributed by atoms with E-state index in [9.17, 15) is 9.50 Å². The van der Waals surface area contributed by atoms with Crippen LogP contribution in [0.1, 0.15) is 35.9 Å². The fourth-order valence-corrected chi connectivity index (χ4v) is 3.21.